The summed E-state index contributed by atoms with van der Waals surface area (Å²) in [5.41, 5.74) is 3.64. The first kappa shape index (κ1) is 18.0. The molecule has 7 heteroatoms. The van der Waals surface area contributed by atoms with Crippen LogP contribution in [0.1, 0.15) is 23.4 Å². The summed E-state index contributed by atoms with van der Waals surface area (Å²) >= 11 is 0. The minimum Gasteiger partial charge on any atom is -0.497 e. The molecule has 2 heterocycles. The molecule has 0 spiro atoms. The van der Waals surface area contributed by atoms with E-state index in [1.807, 2.05) is 38.1 Å². The smallest absolute Gasteiger partial charge is 0.328 e. The molecule has 0 fully saturated rings. The Morgan fingerprint density at radius 3 is 2.73 bits per heavy atom. The van der Waals surface area contributed by atoms with Gasteiger partial charge in [0.1, 0.15) is 12.3 Å². The lowest BCUT2D eigenvalue weighted by molar-refractivity contribution is -0.148. The second-order valence-corrected chi connectivity index (χ2v) is 6.39. The van der Waals surface area contributed by atoms with E-state index in [-0.39, 0.29) is 19.1 Å². The van der Waals surface area contributed by atoms with Crippen LogP contribution in [0.5, 0.6) is 5.75 Å². The Hall–Kier alpha value is -2.83. The van der Waals surface area contributed by atoms with E-state index >= 15 is 0 Å². The molecule has 1 aromatic heterocycles. The second-order valence-electron chi connectivity index (χ2n) is 6.39. The van der Waals surface area contributed by atoms with Gasteiger partial charge in [-0.3, -0.25) is 14.3 Å². The van der Waals surface area contributed by atoms with E-state index in [2.05, 4.69) is 5.10 Å². The zero-order chi connectivity index (χ0) is 18.7. The van der Waals surface area contributed by atoms with Gasteiger partial charge in [-0.1, -0.05) is 0 Å². The molecule has 0 aliphatic carbocycles. The predicted octanol–water partition coefficient (Wildman–Crippen LogP) is 2.03. The third kappa shape index (κ3) is 3.87. The average Bonchev–Trinajstić information content (AvgIpc) is 2.95. The highest BCUT2D eigenvalue weighted by atomic mass is 16.5. The maximum absolute atomic E-state index is 12.5. The largest absolute Gasteiger partial charge is 0.497 e. The third-order valence-electron chi connectivity index (χ3n) is 4.45. The molecule has 0 radical (unpaired) electrons. The molecular weight excluding hydrogens is 334 g/mol. The fraction of sp³-hybridized carbons (Fsp3) is 0.421. The van der Waals surface area contributed by atoms with E-state index in [0.717, 1.165) is 41.2 Å². The molecule has 26 heavy (non-hydrogen) atoms. The molecule has 0 bridgehead atoms. The first-order valence-corrected chi connectivity index (χ1v) is 8.62. The quantitative estimate of drug-likeness (QED) is 0.766. The van der Waals surface area contributed by atoms with Gasteiger partial charge in [-0.2, -0.15) is 5.10 Å². The van der Waals surface area contributed by atoms with Crippen LogP contribution in [0.15, 0.2) is 24.3 Å². The predicted molar refractivity (Wildman–Crippen MR) is 96.3 cm³/mol. The number of carbonyl (C=O) groups is 2. The number of aromatic nitrogens is 2. The van der Waals surface area contributed by atoms with E-state index in [1.165, 1.54) is 0 Å². The summed E-state index contributed by atoms with van der Waals surface area (Å²) < 4.78 is 12.0. The molecule has 1 aliphatic heterocycles. The number of aryl methyl sites for hydroxylation is 3. The summed E-state index contributed by atoms with van der Waals surface area (Å²) in [5, 5.41) is 4.22. The van der Waals surface area contributed by atoms with Gasteiger partial charge in [0.15, 0.2) is 6.61 Å². The van der Waals surface area contributed by atoms with E-state index in [4.69, 9.17) is 9.47 Å². The van der Waals surface area contributed by atoms with Gasteiger partial charge in [0.05, 0.1) is 12.8 Å². The molecule has 0 unspecified atom stereocenters. The van der Waals surface area contributed by atoms with Gasteiger partial charge in [0, 0.05) is 17.9 Å². The molecular formula is C19H23N3O4. The standard InChI is InChI=1S/C19H23N3O4/c1-13-9-14(2)22(20-13)11-19(24)26-12-18(23)21-8-4-5-15-10-16(25-3)6-7-17(15)21/h6-7,9-10H,4-5,8,11-12H2,1-3H3. The molecule has 0 saturated heterocycles. The van der Waals surface area contributed by atoms with Crippen molar-refractivity contribution in [2.24, 2.45) is 0 Å². The molecule has 1 amide bonds. The Balaban J connectivity index is 1.60. The number of benzene rings is 1. The van der Waals surface area contributed by atoms with Gasteiger partial charge < -0.3 is 14.4 Å². The Labute approximate surface area is 152 Å². The van der Waals surface area contributed by atoms with Crippen molar-refractivity contribution in [3.05, 3.63) is 41.2 Å². The van der Waals surface area contributed by atoms with Crippen molar-refractivity contribution in [1.82, 2.24) is 9.78 Å². The van der Waals surface area contributed by atoms with Crippen molar-refractivity contribution in [1.29, 1.82) is 0 Å². The lowest BCUT2D eigenvalue weighted by Crippen LogP contribution is -2.38. The Morgan fingerprint density at radius 1 is 1.23 bits per heavy atom. The van der Waals surface area contributed by atoms with Crippen LogP contribution in [0.25, 0.3) is 0 Å². The van der Waals surface area contributed by atoms with Crippen LogP contribution in [-0.2, 0) is 27.3 Å². The summed E-state index contributed by atoms with van der Waals surface area (Å²) in [6, 6.07) is 7.54. The number of amides is 1. The molecule has 3 rings (SSSR count). The van der Waals surface area contributed by atoms with Crippen LogP contribution in [0.4, 0.5) is 5.69 Å². The molecule has 0 N–H and O–H groups in total. The fourth-order valence-electron chi connectivity index (χ4n) is 3.18. The Morgan fingerprint density at radius 2 is 2.04 bits per heavy atom. The number of hydrogen-bond donors (Lipinski definition) is 0. The molecule has 138 valence electrons. The molecule has 1 aromatic carbocycles. The van der Waals surface area contributed by atoms with Crippen LogP contribution >= 0.6 is 0 Å². The highest BCUT2D eigenvalue weighted by Gasteiger charge is 2.24. The van der Waals surface area contributed by atoms with Crippen molar-refractivity contribution in [3.8, 4) is 5.75 Å². The molecule has 0 saturated carbocycles. The SMILES string of the molecule is COc1ccc2c(c1)CCCN2C(=O)COC(=O)Cn1nc(C)cc1C. The molecule has 7 nitrogen and oxygen atoms in total. The summed E-state index contributed by atoms with van der Waals surface area (Å²) in [6.07, 6.45) is 1.76. The van der Waals surface area contributed by atoms with Gasteiger partial charge >= 0.3 is 5.97 Å². The minimum atomic E-state index is -0.475. The number of ether oxygens (including phenoxy) is 2. The van der Waals surface area contributed by atoms with Gasteiger partial charge in [-0.15, -0.1) is 0 Å². The van der Waals surface area contributed by atoms with E-state index in [0.29, 0.717) is 6.54 Å². The topological polar surface area (TPSA) is 73.7 Å². The van der Waals surface area contributed by atoms with Crippen LogP contribution in [0.3, 0.4) is 0 Å². The van der Waals surface area contributed by atoms with Gasteiger partial charge in [0.25, 0.3) is 5.91 Å². The van der Waals surface area contributed by atoms with Crippen LogP contribution in [-0.4, -0.2) is 41.9 Å². The highest BCUT2D eigenvalue weighted by molar-refractivity contribution is 5.96. The summed E-state index contributed by atoms with van der Waals surface area (Å²) in [7, 11) is 1.62. The maximum atomic E-state index is 12.5. The molecule has 1 aliphatic rings. The van der Waals surface area contributed by atoms with E-state index in [1.54, 1.807) is 16.7 Å². The fourth-order valence-corrected chi connectivity index (χ4v) is 3.18. The van der Waals surface area contributed by atoms with E-state index < -0.39 is 5.97 Å². The number of nitrogens with zero attached hydrogens (tertiary/aromatic N) is 3. The highest BCUT2D eigenvalue weighted by Crippen LogP contribution is 2.30. The van der Waals surface area contributed by atoms with Crippen molar-refractivity contribution >= 4 is 17.6 Å². The van der Waals surface area contributed by atoms with Crippen LogP contribution < -0.4 is 9.64 Å². The lowest BCUT2D eigenvalue weighted by Gasteiger charge is -2.29. The van der Waals surface area contributed by atoms with Crippen LogP contribution in [0.2, 0.25) is 0 Å². The van der Waals surface area contributed by atoms with Crippen LogP contribution in [0, 0.1) is 13.8 Å². The summed E-state index contributed by atoms with van der Waals surface area (Å²) in [4.78, 5) is 26.2. The number of carbonyl (C=O) groups excluding carboxylic acids is 2. The number of hydrogen-bond acceptors (Lipinski definition) is 5. The average molecular weight is 357 g/mol. The molecule has 0 atom stereocenters. The van der Waals surface area contributed by atoms with Crippen molar-refractivity contribution in [3.63, 3.8) is 0 Å². The second kappa shape index (κ2) is 7.59. The number of anilines is 1. The Kier molecular flexibility index (Phi) is 5.25. The van der Waals surface area contributed by atoms with Gasteiger partial charge in [-0.05, 0) is 56.5 Å². The zero-order valence-corrected chi connectivity index (χ0v) is 15.3. The number of esters is 1. The van der Waals surface area contributed by atoms with Crippen molar-refractivity contribution in [2.45, 2.75) is 33.2 Å². The first-order valence-electron chi connectivity index (χ1n) is 8.62. The summed E-state index contributed by atoms with van der Waals surface area (Å²) in [5.74, 6) is 0.0729. The first-order chi connectivity index (χ1) is 12.5. The summed E-state index contributed by atoms with van der Waals surface area (Å²) in [6.45, 7) is 4.08. The van der Waals surface area contributed by atoms with Gasteiger partial charge in [-0.25, -0.2) is 0 Å². The molecule has 2 aromatic rings. The monoisotopic (exact) mass is 357 g/mol. The normalized spacial score (nSPS) is 13.3. The third-order valence-corrected chi connectivity index (χ3v) is 4.45. The van der Waals surface area contributed by atoms with E-state index in [9.17, 15) is 9.59 Å². The minimum absolute atomic E-state index is 0.000733. The number of rotatable bonds is 5. The Bertz CT molecular complexity index is 828. The number of fused-ring (bicyclic) bond motifs is 1. The maximum Gasteiger partial charge on any atom is 0.328 e. The zero-order valence-electron chi connectivity index (χ0n) is 15.3. The van der Waals surface area contributed by atoms with Crippen molar-refractivity contribution < 1.29 is 19.1 Å². The number of methoxy groups -OCH3 is 1. The van der Waals surface area contributed by atoms with Gasteiger partial charge in [0.2, 0.25) is 0 Å². The lowest BCUT2D eigenvalue weighted by atomic mass is 10.0. The van der Waals surface area contributed by atoms with Crippen molar-refractivity contribution in [2.75, 3.05) is 25.2 Å².